The summed E-state index contributed by atoms with van der Waals surface area (Å²) >= 11 is 3.21. The van der Waals surface area contributed by atoms with E-state index in [0.29, 0.717) is 12.2 Å². The molecule has 0 aliphatic carbocycles. The van der Waals surface area contributed by atoms with Crippen LogP contribution in [0.5, 0.6) is 0 Å². The molecule has 1 N–H and O–H groups in total. The van der Waals surface area contributed by atoms with Gasteiger partial charge >= 0.3 is 0 Å². The lowest BCUT2D eigenvalue weighted by molar-refractivity contribution is -0.116. The number of carbonyl (C=O) groups is 2. The van der Waals surface area contributed by atoms with Gasteiger partial charge < -0.3 is 5.32 Å². The Morgan fingerprint density at radius 3 is 2.39 bits per heavy atom. The predicted molar refractivity (Wildman–Crippen MR) is 131 cm³/mol. The van der Waals surface area contributed by atoms with Crippen LogP contribution in [0.15, 0.2) is 66.0 Å². The van der Waals surface area contributed by atoms with Crippen LogP contribution in [0.25, 0.3) is 0 Å². The summed E-state index contributed by atoms with van der Waals surface area (Å²) in [5.74, 6) is 0.554. The molecule has 3 aromatic rings. The number of hydrogen-bond donors (Lipinski definition) is 1. The van der Waals surface area contributed by atoms with Gasteiger partial charge in [-0.05, 0) is 52.3 Å². The smallest absolute Gasteiger partial charge is 0.238 e. The fourth-order valence-corrected chi connectivity index (χ4v) is 5.46. The third-order valence-electron chi connectivity index (χ3n) is 5.27. The number of carbonyl (C=O) groups excluding carboxylic acids is 2. The highest BCUT2D eigenvalue weighted by atomic mass is 32.2. The number of anilines is 2. The molecule has 0 bridgehead atoms. The second kappa shape index (κ2) is 8.89. The number of rotatable bonds is 5. The molecule has 1 aliphatic rings. The molecule has 1 atom stereocenters. The first-order chi connectivity index (χ1) is 14.8. The molecule has 2 heterocycles. The van der Waals surface area contributed by atoms with Crippen molar-refractivity contribution >= 4 is 46.3 Å². The zero-order valence-electron chi connectivity index (χ0n) is 17.9. The molecule has 1 aromatic heterocycles. The summed E-state index contributed by atoms with van der Waals surface area (Å²) in [5, 5.41) is 4.86. The van der Waals surface area contributed by atoms with Crippen LogP contribution >= 0.6 is 23.1 Å². The summed E-state index contributed by atoms with van der Waals surface area (Å²) in [6, 6.07) is 20.0. The predicted octanol–water partition coefficient (Wildman–Crippen LogP) is 6.01. The van der Waals surface area contributed by atoms with Crippen LogP contribution in [0.2, 0.25) is 0 Å². The SMILES string of the molecule is CC(C)(C)c1ccc(N2C(=O)CS[C@@H]2c2ccc(NC(=O)Cc3cccs3)cc2)cc1. The van der Waals surface area contributed by atoms with Gasteiger partial charge in [-0.3, -0.25) is 14.5 Å². The first kappa shape index (κ1) is 21.7. The van der Waals surface area contributed by atoms with Crippen molar-refractivity contribution in [1.82, 2.24) is 0 Å². The van der Waals surface area contributed by atoms with Crippen LogP contribution in [0.4, 0.5) is 11.4 Å². The Balaban J connectivity index is 1.47. The molecule has 4 rings (SSSR count). The lowest BCUT2D eigenvalue weighted by atomic mass is 9.87. The Bertz CT molecular complexity index is 1050. The van der Waals surface area contributed by atoms with Crippen molar-refractivity contribution < 1.29 is 9.59 Å². The average molecular weight is 451 g/mol. The molecule has 1 saturated heterocycles. The maximum absolute atomic E-state index is 12.7. The second-order valence-corrected chi connectivity index (χ2v) is 10.8. The van der Waals surface area contributed by atoms with E-state index in [1.54, 1.807) is 23.1 Å². The molecule has 0 saturated carbocycles. The van der Waals surface area contributed by atoms with Crippen molar-refractivity contribution in [1.29, 1.82) is 0 Å². The number of benzene rings is 2. The van der Waals surface area contributed by atoms with E-state index in [9.17, 15) is 9.59 Å². The minimum Gasteiger partial charge on any atom is -0.326 e. The summed E-state index contributed by atoms with van der Waals surface area (Å²) < 4.78 is 0. The molecule has 1 fully saturated rings. The normalized spacial score (nSPS) is 16.5. The van der Waals surface area contributed by atoms with Crippen LogP contribution in [0, 0.1) is 0 Å². The van der Waals surface area contributed by atoms with Crippen molar-refractivity contribution in [2.24, 2.45) is 0 Å². The van der Waals surface area contributed by atoms with Crippen molar-refractivity contribution in [3.63, 3.8) is 0 Å². The van der Waals surface area contributed by atoms with Gasteiger partial charge in [0.05, 0.1) is 12.2 Å². The van der Waals surface area contributed by atoms with Crippen molar-refractivity contribution in [2.45, 2.75) is 38.0 Å². The molecule has 160 valence electrons. The molecule has 2 amide bonds. The van der Waals surface area contributed by atoms with Gasteiger partial charge in [0.2, 0.25) is 11.8 Å². The van der Waals surface area contributed by atoms with Gasteiger partial charge in [-0.1, -0.05) is 51.1 Å². The summed E-state index contributed by atoms with van der Waals surface area (Å²) in [4.78, 5) is 27.8. The molecule has 4 nitrogen and oxygen atoms in total. The molecular weight excluding hydrogens is 424 g/mol. The summed E-state index contributed by atoms with van der Waals surface area (Å²) in [5.41, 5.74) is 4.05. The van der Waals surface area contributed by atoms with Gasteiger partial charge in [-0.2, -0.15) is 0 Å². The van der Waals surface area contributed by atoms with E-state index in [1.807, 2.05) is 58.8 Å². The molecule has 6 heteroatoms. The minimum absolute atomic E-state index is 0.0267. The highest BCUT2D eigenvalue weighted by molar-refractivity contribution is 8.00. The van der Waals surface area contributed by atoms with E-state index in [-0.39, 0.29) is 22.6 Å². The van der Waals surface area contributed by atoms with Gasteiger partial charge in [0.1, 0.15) is 5.37 Å². The van der Waals surface area contributed by atoms with Crippen LogP contribution < -0.4 is 10.2 Å². The van der Waals surface area contributed by atoms with Crippen molar-refractivity contribution in [2.75, 3.05) is 16.0 Å². The maximum atomic E-state index is 12.7. The van der Waals surface area contributed by atoms with E-state index in [4.69, 9.17) is 0 Å². The Labute approximate surface area is 191 Å². The van der Waals surface area contributed by atoms with Crippen LogP contribution in [0.1, 0.15) is 42.1 Å². The molecule has 2 aromatic carbocycles. The van der Waals surface area contributed by atoms with E-state index in [1.165, 1.54) is 5.56 Å². The molecule has 1 aliphatic heterocycles. The third kappa shape index (κ3) is 5.02. The zero-order chi connectivity index (χ0) is 22.0. The fourth-order valence-electron chi connectivity index (χ4n) is 3.58. The Morgan fingerprint density at radius 2 is 1.77 bits per heavy atom. The van der Waals surface area contributed by atoms with E-state index < -0.39 is 0 Å². The molecule has 0 unspecified atom stereocenters. The summed E-state index contributed by atoms with van der Waals surface area (Å²) in [6.45, 7) is 6.55. The van der Waals surface area contributed by atoms with Gasteiger partial charge in [0.15, 0.2) is 0 Å². The highest BCUT2D eigenvalue weighted by Crippen LogP contribution is 2.42. The first-order valence-corrected chi connectivity index (χ1v) is 12.2. The second-order valence-electron chi connectivity index (χ2n) is 8.65. The number of thioether (sulfide) groups is 1. The number of nitrogens with one attached hydrogen (secondary N) is 1. The molecular formula is C25H26N2O2S2. The topological polar surface area (TPSA) is 49.4 Å². The molecule has 0 spiro atoms. The van der Waals surface area contributed by atoms with E-state index in [2.05, 4.69) is 38.2 Å². The quantitative estimate of drug-likeness (QED) is 0.518. The largest absolute Gasteiger partial charge is 0.326 e. The molecule has 31 heavy (non-hydrogen) atoms. The van der Waals surface area contributed by atoms with E-state index >= 15 is 0 Å². The monoisotopic (exact) mass is 450 g/mol. The van der Waals surface area contributed by atoms with Crippen molar-refractivity contribution in [3.8, 4) is 0 Å². The zero-order valence-corrected chi connectivity index (χ0v) is 19.6. The maximum Gasteiger partial charge on any atom is 0.238 e. The number of thiophene rings is 1. The standard InChI is InChI=1S/C25H26N2O2S2/c1-25(2,3)18-8-12-20(13-9-18)27-23(29)16-31-24(27)17-6-10-19(11-7-17)26-22(28)15-21-5-4-14-30-21/h4-14,24H,15-16H2,1-3H3,(H,26,28)/t24-/m1/s1. The Kier molecular flexibility index (Phi) is 6.21. The number of amides is 2. The van der Waals surface area contributed by atoms with Gasteiger partial charge in [0.25, 0.3) is 0 Å². The number of hydrogen-bond acceptors (Lipinski definition) is 4. The van der Waals surface area contributed by atoms with Gasteiger partial charge in [-0.15, -0.1) is 23.1 Å². The van der Waals surface area contributed by atoms with Crippen molar-refractivity contribution in [3.05, 3.63) is 82.0 Å². The minimum atomic E-state index is -0.0659. The van der Waals surface area contributed by atoms with Crippen LogP contribution in [0.3, 0.4) is 0 Å². The summed E-state index contributed by atoms with van der Waals surface area (Å²) in [6.07, 6.45) is 0.380. The summed E-state index contributed by atoms with van der Waals surface area (Å²) in [7, 11) is 0. The molecule has 0 radical (unpaired) electrons. The first-order valence-electron chi connectivity index (χ1n) is 10.3. The lowest BCUT2D eigenvalue weighted by Crippen LogP contribution is -2.28. The Hall–Kier alpha value is -2.57. The third-order valence-corrected chi connectivity index (χ3v) is 7.36. The van der Waals surface area contributed by atoms with Gasteiger partial charge in [0, 0.05) is 16.3 Å². The van der Waals surface area contributed by atoms with Gasteiger partial charge in [-0.25, -0.2) is 0 Å². The fraction of sp³-hybridized carbons (Fsp3) is 0.280. The lowest BCUT2D eigenvalue weighted by Gasteiger charge is -2.26. The Morgan fingerprint density at radius 1 is 1.06 bits per heavy atom. The number of nitrogens with zero attached hydrogens (tertiary/aromatic N) is 1. The van der Waals surface area contributed by atoms with E-state index in [0.717, 1.165) is 21.8 Å². The average Bonchev–Trinajstić information content (AvgIpc) is 3.37. The van der Waals surface area contributed by atoms with Crippen LogP contribution in [-0.4, -0.2) is 17.6 Å². The van der Waals surface area contributed by atoms with Crippen LogP contribution in [-0.2, 0) is 21.4 Å². The highest BCUT2D eigenvalue weighted by Gasteiger charge is 2.34.